The number of carbonyl (C=O) groups is 1. The molecule has 0 radical (unpaired) electrons. The highest BCUT2D eigenvalue weighted by atomic mass is 16.7. The van der Waals surface area contributed by atoms with Crippen molar-refractivity contribution in [2.45, 2.75) is 57.4 Å². The number of ether oxygens (including phenoxy) is 1. The molecule has 3 saturated heterocycles. The molecule has 0 bridgehead atoms. The smallest absolute Gasteiger partial charge is 0.275 e. The number of aryl methyl sites for hydroxylation is 1. The van der Waals surface area contributed by atoms with Crippen molar-refractivity contribution >= 4 is 5.91 Å². The second-order valence-electron chi connectivity index (χ2n) is 6.71. The number of nitrogens with zero attached hydrogens (tertiary/aromatic N) is 2. The molecule has 3 aliphatic rings. The number of furan rings is 1. The van der Waals surface area contributed by atoms with Crippen LogP contribution in [0.25, 0.3) is 0 Å². The van der Waals surface area contributed by atoms with Crippen molar-refractivity contribution in [1.29, 1.82) is 0 Å². The zero-order valence-electron chi connectivity index (χ0n) is 13.6. The van der Waals surface area contributed by atoms with Gasteiger partial charge in [0.15, 0.2) is 0 Å². The Morgan fingerprint density at radius 1 is 1.26 bits per heavy atom. The summed E-state index contributed by atoms with van der Waals surface area (Å²) in [6, 6.07) is 4.44. The fourth-order valence-electron chi connectivity index (χ4n) is 3.94. The van der Waals surface area contributed by atoms with Gasteiger partial charge in [0.1, 0.15) is 17.6 Å². The lowest BCUT2D eigenvalue weighted by atomic mass is 9.98. The van der Waals surface area contributed by atoms with E-state index in [1.54, 1.807) is 0 Å². The molecule has 23 heavy (non-hydrogen) atoms. The van der Waals surface area contributed by atoms with Gasteiger partial charge in [-0.15, -0.1) is 0 Å². The van der Waals surface area contributed by atoms with E-state index in [2.05, 4.69) is 4.90 Å². The number of fused-ring (bicyclic) bond motifs is 1. The predicted molar refractivity (Wildman–Crippen MR) is 82.4 cm³/mol. The first kappa shape index (κ1) is 15.2. The Kier molecular flexibility index (Phi) is 4.13. The van der Waals surface area contributed by atoms with Crippen LogP contribution in [0.4, 0.5) is 0 Å². The molecule has 126 valence electrons. The largest absolute Gasteiger partial charge is 0.465 e. The molecule has 3 atom stereocenters. The lowest BCUT2D eigenvalue weighted by Gasteiger charge is -2.36. The van der Waals surface area contributed by atoms with Gasteiger partial charge in [0, 0.05) is 12.6 Å². The van der Waals surface area contributed by atoms with Crippen LogP contribution in [-0.4, -0.2) is 53.8 Å². The fraction of sp³-hybridized carbons (Fsp3) is 0.706. The fourth-order valence-corrected chi connectivity index (χ4v) is 3.94. The highest BCUT2D eigenvalue weighted by Crippen LogP contribution is 2.33. The Labute approximate surface area is 136 Å². The van der Waals surface area contributed by atoms with Gasteiger partial charge in [-0.3, -0.25) is 14.5 Å². The Balaban J connectivity index is 1.35. The summed E-state index contributed by atoms with van der Waals surface area (Å²) >= 11 is 0. The van der Waals surface area contributed by atoms with Gasteiger partial charge in [-0.25, -0.2) is 5.06 Å². The van der Waals surface area contributed by atoms with E-state index in [0.717, 1.165) is 50.3 Å². The van der Waals surface area contributed by atoms with Crippen LogP contribution in [0.15, 0.2) is 16.5 Å². The maximum Gasteiger partial charge on any atom is 0.275 e. The summed E-state index contributed by atoms with van der Waals surface area (Å²) in [5, 5.41) is 1.49. The number of carbonyl (C=O) groups excluding carboxylic acids is 1. The van der Waals surface area contributed by atoms with E-state index in [-0.39, 0.29) is 18.1 Å². The summed E-state index contributed by atoms with van der Waals surface area (Å²) in [6.45, 7) is 5.12. The molecule has 1 aromatic rings. The summed E-state index contributed by atoms with van der Waals surface area (Å²) in [5.74, 6) is 1.96. The summed E-state index contributed by atoms with van der Waals surface area (Å²) in [5.41, 5.74) is 0. The van der Waals surface area contributed by atoms with E-state index in [9.17, 15) is 4.79 Å². The molecule has 3 fully saturated rings. The van der Waals surface area contributed by atoms with Gasteiger partial charge in [0.05, 0.1) is 25.8 Å². The van der Waals surface area contributed by atoms with E-state index in [1.807, 2.05) is 19.1 Å². The van der Waals surface area contributed by atoms with Crippen molar-refractivity contribution in [2.75, 3.05) is 19.7 Å². The van der Waals surface area contributed by atoms with Crippen LogP contribution in [0.5, 0.6) is 0 Å². The van der Waals surface area contributed by atoms with Crippen molar-refractivity contribution in [1.82, 2.24) is 9.96 Å². The van der Waals surface area contributed by atoms with E-state index >= 15 is 0 Å². The van der Waals surface area contributed by atoms with Gasteiger partial charge in [-0.1, -0.05) is 0 Å². The molecule has 1 amide bonds. The van der Waals surface area contributed by atoms with E-state index in [0.29, 0.717) is 19.2 Å². The van der Waals surface area contributed by atoms with E-state index in [4.69, 9.17) is 14.0 Å². The minimum atomic E-state index is -0.333. The Morgan fingerprint density at radius 3 is 2.91 bits per heavy atom. The van der Waals surface area contributed by atoms with E-state index < -0.39 is 0 Å². The van der Waals surface area contributed by atoms with Crippen LogP contribution in [-0.2, 0) is 20.9 Å². The topological polar surface area (TPSA) is 55.2 Å². The van der Waals surface area contributed by atoms with Gasteiger partial charge in [-0.2, -0.15) is 0 Å². The number of amides is 1. The molecule has 0 unspecified atom stereocenters. The van der Waals surface area contributed by atoms with Crippen molar-refractivity contribution in [3.63, 3.8) is 0 Å². The minimum Gasteiger partial charge on any atom is -0.465 e. The van der Waals surface area contributed by atoms with Crippen LogP contribution in [0.1, 0.15) is 37.2 Å². The average Bonchev–Trinajstić information content (AvgIpc) is 3.28. The molecule has 0 spiro atoms. The zero-order chi connectivity index (χ0) is 15.8. The first-order chi connectivity index (χ1) is 11.2. The highest BCUT2D eigenvalue weighted by Gasteiger charge is 2.43. The first-order valence-corrected chi connectivity index (χ1v) is 8.60. The van der Waals surface area contributed by atoms with Crippen molar-refractivity contribution < 1.29 is 18.8 Å². The molecule has 0 saturated carbocycles. The number of hydroxylamine groups is 2. The highest BCUT2D eigenvalue weighted by molar-refractivity contribution is 5.80. The van der Waals surface area contributed by atoms with Crippen molar-refractivity contribution in [3.05, 3.63) is 23.7 Å². The van der Waals surface area contributed by atoms with E-state index in [1.165, 1.54) is 5.06 Å². The van der Waals surface area contributed by atoms with Crippen LogP contribution in [0.3, 0.4) is 0 Å². The number of rotatable bonds is 3. The first-order valence-electron chi connectivity index (χ1n) is 8.60. The zero-order valence-corrected chi connectivity index (χ0v) is 13.6. The molecule has 4 rings (SSSR count). The monoisotopic (exact) mass is 320 g/mol. The lowest BCUT2D eigenvalue weighted by molar-refractivity contribution is -0.189. The normalized spacial score (nSPS) is 31.5. The molecule has 4 heterocycles. The van der Waals surface area contributed by atoms with Gasteiger partial charge in [0.2, 0.25) is 0 Å². The quantitative estimate of drug-likeness (QED) is 0.851. The van der Waals surface area contributed by atoms with Gasteiger partial charge < -0.3 is 9.15 Å². The van der Waals surface area contributed by atoms with Crippen LogP contribution in [0.2, 0.25) is 0 Å². The Hall–Kier alpha value is -1.37. The molecule has 6 nitrogen and oxygen atoms in total. The third-order valence-corrected chi connectivity index (χ3v) is 5.09. The number of hydrogen-bond donors (Lipinski definition) is 0. The van der Waals surface area contributed by atoms with Crippen molar-refractivity contribution in [2.24, 2.45) is 0 Å². The standard InChI is InChI=1S/C17H24N2O4/c1-12-3-4-13(22-12)11-18-9-7-15-14(18)5-6-16(23-15)17(20)19-8-2-10-21-19/h3-4,14-16H,2,5-11H2,1H3/t14-,15-,16-/m0/s1. The van der Waals surface area contributed by atoms with Crippen LogP contribution in [0, 0.1) is 6.92 Å². The summed E-state index contributed by atoms with van der Waals surface area (Å²) in [7, 11) is 0. The molecule has 0 aliphatic carbocycles. The number of hydrogen-bond acceptors (Lipinski definition) is 5. The van der Waals surface area contributed by atoms with Gasteiger partial charge in [0.25, 0.3) is 5.91 Å². The summed E-state index contributed by atoms with van der Waals surface area (Å²) < 4.78 is 11.8. The summed E-state index contributed by atoms with van der Waals surface area (Å²) in [6.07, 6.45) is 3.48. The molecule has 3 aliphatic heterocycles. The SMILES string of the molecule is Cc1ccc(CN2CC[C@@H]3O[C@H](C(=O)N4CCCO4)CC[C@@H]32)o1. The maximum atomic E-state index is 12.4. The molecule has 0 aromatic carbocycles. The van der Waals surface area contributed by atoms with Crippen LogP contribution < -0.4 is 0 Å². The molecule has 6 heteroatoms. The van der Waals surface area contributed by atoms with Crippen molar-refractivity contribution in [3.8, 4) is 0 Å². The van der Waals surface area contributed by atoms with Gasteiger partial charge in [-0.05, 0) is 44.7 Å². The minimum absolute atomic E-state index is 0.000981. The second kappa shape index (κ2) is 6.26. The molecular formula is C17H24N2O4. The molecule has 1 aromatic heterocycles. The lowest BCUT2D eigenvalue weighted by Crippen LogP contribution is -2.48. The third kappa shape index (κ3) is 3.03. The van der Waals surface area contributed by atoms with Gasteiger partial charge >= 0.3 is 0 Å². The average molecular weight is 320 g/mol. The number of likely N-dealkylation sites (tertiary alicyclic amines) is 1. The molecule has 0 N–H and O–H groups in total. The second-order valence-corrected chi connectivity index (χ2v) is 6.71. The third-order valence-electron chi connectivity index (χ3n) is 5.09. The summed E-state index contributed by atoms with van der Waals surface area (Å²) in [4.78, 5) is 20.2. The molecular weight excluding hydrogens is 296 g/mol. The Morgan fingerprint density at radius 2 is 2.17 bits per heavy atom. The Bertz CT molecular complexity index is 567. The maximum absolute atomic E-state index is 12.4. The van der Waals surface area contributed by atoms with Crippen LogP contribution >= 0.6 is 0 Å². The predicted octanol–water partition coefficient (Wildman–Crippen LogP) is 1.87.